The fraction of sp³-hybridized carbons (Fsp3) is 0.600. The first-order valence-electron chi connectivity index (χ1n) is 6.79. The smallest absolute Gasteiger partial charge is 0.166 e. The number of carbonyl (C=O) groups is 1. The minimum absolute atomic E-state index is 0.215. The second-order valence-electron chi connectivity index (χ2n) is 5.64. The Hall–Kier alpha value is -1.38. The fourth-order valence-electron chi connectivity index (χ4n) is 3.75. The quantitative estimate of drug-likeness (QED) is 0.765. The maximum absolute atomic E-state index is 12.3. The molecule has 1 aromatic heterocycles. The largest absolute Gasteiger partial charge is 0.494 e. The Kier molecular flexibility index (Phi) is 3.06. The molecule has 0 N–H and O–H groups in total. The summed E-state index contributed by atoms with van der Waals surface area (Å²) in [5.41, 5.74) is 0.690. The third kappa shape index (κ3) is 2.02. The number of pyridine rings is 1. The minimum atomic E-state index is 0.215. The van der Waals surface area contributed by atoms with E-state index in [0.717, 1.165) is 11.8 Å². The van der Waals surface area contributed by atoms with Gasteiger partial charge in [-0.3, -0.25) is 9.78 Å². The molecule has 3 atom stereocenters. The summed E-state index contributed by atoms with van der Waals surface area (Å²) in [7, 11) is 1.59. The molecule has 2 saturated carbocycles. The lowest BCUT2D eigenvalue weighted by atomic mass is 9.84. The highest BCUT2D eigenvalue weighted by molar-refractivity contribution is 5.98. The molecule has 96 valence electrons. The van der Waals surface area contributed by atoms with E-state index in [1.54, 1.807) is 25.6 Å². The first kappa shape index (κ1) is 11.7. The Morgan fingerprint density at radius 1 is 1.44 bits per heavy atom. The third-order valence-corrected chi connectivity index (χ3v) is 4.64. The van der Waals surface area contributed by atoms with Crippen LogP contribution in [0.15, 0.2) is 18.5 Å². The number of ether oxygens (including phenoxy) is 1. The standard InChI is InChI=1S/C15H19NO2/c1-18-15-9-16-5-4-13(15)14(17)8-12-7-10-2-3-11(12)6-10/h4-5,9-12H,2-3,6-8H2,1H3. The number of hydrogen-bond donors (Lipinski definition) is 0. The van der Waals surface area contributed by atoms with Crippen LogP contribution in [0.1, 0.15) is 42.5 Å². The number of Topliss-reactive ketones (excluding diaryl/α,β-unsaturated/α-hetero) is 1. The lowest BCUT2D eigenvalue weighted by Crippen LogP contribution is -2.15. The zero-order chi connectivity index (χ0) is 12.5. The van der Waals surface area contributed by atoms with Gasteiger partial charge in [-0.1, -0.05) is 6.42 Å². The van der Waals surface area contributed by atoms with Gasteiger partial charge >= 0.3 is 0 Å². The van der Waals surface area contributed by atoms with E-state index >= 15 is 0 Å². The number of rotatable bonds is 4. The van der Waals surface area contributed by atoms with Crippen LogP contribution < -0.4 is 4.74 Å². The molecule has 0 amide bonds. The van der Waals surface area contributed by atoms with Gasteiger partial charge in [0.2, 0.25) is 0 Å². The lowest BCUT2D eigenvalue weighted by molar-refractivity contribution is 0.0941. The summed E-state index contributed by atoms with van der Waals surface area (Å²) in [6, 6.07) is 1.77. The van der Waals surface area contributed by atoms with E-state index in [9.17, 15) is 4.79 Å². The molecular formula is C15H19NO2. The Bertz CT molecular complexity index is 458. The van der Waals surface area contributed by atoms with E-state index in [2.05, 4.69) is 4.98 Å². The van der Waals surface area contributed by atoms with Crippen LogP contribution in [-0.2, 0) is 0 Å². The second kappa shape index (κ2) is 4.71. The molecule has 2 aliphatic rings. The van der Waals surface area contributed by atoms with Gasteiger partial charge in [-0.2, -0.15) is 0 Å². The average molecular weight is 245 g/mol. The molecule has 2 aliphatic carbocycles. The van der Waals surface area contributed by atoms with Crippen molar-refractivity contribution in [3.8, 4) is 5.75 Å². The highest BCUT2D eigenvalue weighted by atomic mass is 16.5. The van der Waals surface area contributed by atoms with Crippen molar-refractivity contribution in [3.63, 3.8) is 0 Å². The van der Waals surface area contributed by atoms with Crippen molar-refractivity contribution in [3.05, 3.63) is 24.0 Å². The number of hydrogen-bond acceptors (Lipinski definition) is 3. The normalized spacial score (nSPS) is 29.5. The van der Waals surface area contributed by atoms with E-state index in [-0.39, 0.29) is 5.78 Å². The molecule has 0 saturated heterocycles. The maximum atomic E-state index is 12.3. The molecule has 1 aromatic rings. The highest BCUT2D eigenvalue weighted by Crippen LogP contribution is 2.49. The van der Waals surface area contributed by atoms with Crippen molar-refractivity contribution >= 4 is 5.78 Å². The van der Waals surface area contributed by atoms with Gasteiger partial charge in [-0.15, -0.1) is 0 Å². The molecule has 2 bridgehead atoms. The number of carbonyl (C=O) groups excluding carboxylic acids is 1. The first-order chi connectivity index (χ1) is 8.78. The number of aromatic nitrogens is 1. The summed E-state index contributed by atoms with van der Waals surface area (Å²) in [5, 5.41) is 0. The first-order valence-corrected chi connectivity index (χ1v) is 6.79. The fourth-order valence-corrected chi connectivity index (χ4v) is 3.75. The van der Waals surface area contributed by atoms with Crippen LogP contribution in [0.5, 0.6) is 5.75 Å². The van der Waals surface area contributed by atoms with Crippen molar-refractivity contribution in [2.75, 3.05) is 7.11 Å². The Morgan fingerprint density at radius 2 is 2.33 bits per heavy atom. The van der Waals surface area contributed by atoms with Crippen molar-refractivity contribution in [2.24, 2.45) is 17.8 Å². The van der Waals surface area contributed by atoms with Crippen molar-refractivity contribution < 1.29 is 9.53 Å². The van der Waals surface area contributed by atoms with Gasteiger partial charge in [0.25, 0.3) is 0 Å². The topological polar surface area (TPSA) is 39.2 Å². The monoisotopic (exact) mass is 245 g/mol. The number of ketones is 1. The molecule has 3 heteroatoms. The Labute approximate surface area is 108 Å². The molecule has 2 fully saturated rings. The van der Waals surface area contributed by atoms with Crippen LogP contribution in [-0.4, -0.2) is 17.9 Å². The molecule has 18 heavy (non-hydrogen) atoms. The summed E-state index contributed by atoms with van der Waals surface area (Å²) >= 11 is 0. The molecule has 0 aromatic carbocycles. The molecule has 3 unspecified atom stereocenters. The molecule has 3 nitrogen and oxygen atoms in total. The maximum Gasteiger partial charge on any atom is 0.166 e. The van der Waals surface area contributed by atoms with Crippen molar-refractivity contribution in [1.29, 1.82) is 0 Å². The molecule has 1 heterocycles. The molecule has 0 spiro atoms. The predicted octanol–water partition coefficient (Wildman–Crippen LogP) is 3.10. The lowest BCUT2D eigenvalue weighted by Gasteiger charge is -2.21. The third-order valence-electron chi connectivity index (χ3n) is 4.64. The van der Waals surface area contributed by atoms with Crippen LogP contribution >= 0.6 is 0 Å². The minimum Gasteiger partial charge on any atom is -0.494 e. The second-order valence-corrected chi connectivity index (χ2v) is 5.64. The highest BCUT2D eigenvalue weighted by Gasteiger charge is 2.40. The SMILES string of the molecule is COc1cnccc1C(=O)CC1CC2CCC1C2. The van der Waals surface area contributed by atoms with E-state index in [1.807, 2.05) is 0 Å². The summed E-state index contributed by atoms with van der Waals surface area (Å²) in [6.07, 6.45) is 9.28. The Morgan fingerprint density at radius 3 is 3.00 bits per heavy atom. The summed E-state index contributed by atoms with van der Waals surface area (Å²) in [4.78, 5) is 16.3. The number of fused-ring (bicyclic) bond motifs is 2. The van der Waals surface area contributed by atoms with Crippen LogP contribution in [0.4, 0.5) is 0 Å². The van der Waals surface area contributed by atoms with E-state index in [1.165, 1.54) is 25.7 Å². The summed E-state index contributed by atoms with van der Waals surface area (Å²) in [5.74, 6) is 3.12. The molecular weight excluding hydrogens is 226 g/mol. The van der Waals surface area contributed by atoms with Gasteiger partial charge in [0.1, 0.15) is 5.75 Å². The van der Waals surface area contributed by atoms with Gasteiger partial charge in [-0.05, 0) is 43.1 Å². The molecule has 3 rings (SSSR count). The van der Waals surface area contributed by atoms with Gasteiger partial charge in [0.15, 0.2) is 5.78 Å². The van der Waals surface area contributed by atoms with Crippen LogP contribution in [0.3, 0.4) is 0 Å². The van der Waals surface area contributed by atoms with E-state index < -0.39 is 0 Å². The van der Waals surface area contributed by atoms with Gasteiger partial charge in [0, 0.05) is 12.6 Å². The van der Waals surface area contributed by atoms with E-state index in [0.29, 0.717) is 23.7 Å². The van der Waals surface area contributed by atoms with Gasteiger partial charge < -0.3 is 4.74 Å². The van der Waals surface area contributed by atoms with E-state index in [4.69, 9.17) is 4.74 Å². The summed E-state index contributed by atoms with van der Waals surface area (Å²) in [6.45, 7) is 0. The number of nitrogens with zero attached hydrogens (tertiary/aromatic N) is 1. The van der Waals surface area contributed by atoms with Crippen molar-refractivity contribution in [2.45, 2.75) is 32.1 Å². The molecule has 0 aliphatic heterocycles. The zero-order valence-electron chi connectivity index (χ0n) is 10.8. The molecule has 0 radical (unpaired) electrons. The van der Waals surface area contributed by atoms with Crippen molar-refractivity contribution in [1.82, 2.24) is 4.98 Å². The average Bonchev–Trinajstić information content (AvgIpc) is 3.01. The van der Waals surface area contributed by atoms with Crippen LogP contribution in [0.2, 0.25) is 0 Å². The van der Waals surface area contributed by atoms with Crippen LogP contribution in [0, 0.1) is 17.8 Å². The zero-order valence-corrected chi connectivity index (χ0v) is 10.8. The summed E-state index contributed by atoms with van der Waals surface area (Å²) < 4.78 is 5.21. The Balaban J connectivity index is 1.71. The number of methoxy groups -OCH3 is 1. The van der Waals surface area contributed by atoms with Gasteiger partial charge in [0.05, 0.1) is 18.9 Å². The predicted molar refractivity (Wildman–Crippen MR) is 68.7 cm³/mol. The van der Waals surface area contributed by atoms with Crippen LogP contribution in [0.25, 0.3) is 0 Å². The van der Waals surface area contributed by atoms with Gasteiger partial charge in [-0.25, -0.2) is 0 Å².